The van der Waals surface area contributed by atoms with E-state index in [1.165, 1.54) is 88.2 Å². The average Bonchev–Trinajstić information content (AvgIpc) is 2.91. The minimum Gasteiger partial charge on any atom is -0.310 e. The predicted octanol–water partition coefficient (Wildman–Crippen LogP) is 9.03. The van der Waals surface area contributed by atoms with E-state index in [1.807, 2.05) is 0 Å². The van der Waals surface area contributed by atoms with E-state index in [9.17, 15) is 0 Å². The van der Waals surface area contributed by atoms with Crippen molar-refractivity contribution >= 4 is 5.70 Å². The molecule has 0 aliphatic rings. The molecule has 2 nitrogen and oxygen atoms in total. The molecule has 0 heterocycles. The zero-order chi connectivity index (χ0) is 24.8. The molecule has 1 unspecified atom stereocenters. The molecule has 0 aliphatic heterocycles. The fraction of sp³-hybridized carbons (Fsp3) is 0.515. The Morgan fingerprint density at radius 1 is 0.686 bits per heavy atom. The quantitative estimate of drug-likeness (QED) is 0.114. The molecule has 0 fully saturated rings. The first kappa shape index (κ1) is 28.8. The molecule has 2 aromatic carbocycles. The Hall–Kier alpha value is -2.41. The van der Waals surface area contributed by atoms with Gasteiger partial charge in [-0.3, -0.25) is 0 Å². The second kappa shape index (κ2) is 19.8. The molecule has 0 saturated heterocycles. The second-order valence-corrected chi connectivity index (χ2v) is 9.56. The second-order valence-electron chi connectivity index (χ2n) is 9.56. The fourth-order valence-corrected chi connectivity index (χ4v) is 4.31. The molecule has 35 heavy (non-hydrogen) atoms. The summed E-state index contributed by atoms with van der Waals surface area (Å²) in [6.07, 6.45) is 23.6. The van der Waals surface area contributed by atoms with Crippen LogP contribution < -0.4 is 10.6 Å². The van der Waals surface area contributed by atoms with Crippen LogP contribution in [0.3, 0.4) is 0 Å². The molecule has 2 aromatic rings. The lowest BCUT2D eigenvalue weighted by atomic mass is 10.1. The van der Waals surface area contributed by atoms with E-state index in [2.05, 4.69) is 103 Å². The van der Waals surface area contributed by atoms with Crippen molar-refractivity contribution in [2.75, 3.05) is 13.1 Å². The Morgan fingerprint density at radius 3 is 1.86 bits per heavy atom. The Kier molecular flexibility index (Phi) is 16.3. The maximum atomic E-state index is 3.75. The largest absolute Gasteiger partial charge is 0.310 e. The zero-order valence-corrected chi connectivity index (χ0v) is 22.4. The van der Waals surface area contributed by atoms with Crippen LogP contribution in [0.25, 0.3) is 5.70 Å². The Bertz CT molecular complexity index is 794. The van der Waals surface area contributed by atoms with Crippen molar-refractivity contribution in [3.05, 3.63) is 90.0 Å². The molecule has 0 radical (unpaired) electrons. The number of hydrogen-bond donors (Lipinski definition) is 2. The van der Waals surface area contributed by atoms with Crippen LogP contribution in [0.5, 0.6) is 0 Å². The highest BCUT2D eigenvalue weighted by Crippen LogP contribution is 2.16. The minimum absolute atomic E-state index is 0.179. The summed E-state index contributed by atoms with van der Waals surface area (Å²) < 4.78 is 0. The standard InChI is InChI=1S/C33H49N2/c1-3-5-7-9-11-19-28-34-32(30-22-15-13-16-23-30)26-21-27-33(31-24-17-14-18-25-31)35-29-20-12-10-8-6-4-2/h13-18,22-27,32,34-35H,3-12,19-20,28-29H2,1-2H3/q+1/b33-27+. The van der Waals surface area contributed by atoms with E-state index in [0.717, 1.165) is 18.8 Å². The molecule has 2 rings (SSSR count). The van der Waals surface area contributed by atoms with E-state index in [0.29, 0.717) is 0 Å². The van der Waals surface area contributed by atoms with Gasteiger partial charge in [-0.1, -0.05) is 127 Å². The summed E-state index contributed by atoms with van der Waals surface area (Å²) in [6, 6.07) is 21.5. The van der Waals surface area contributed by atoms with Crippen LogP contribution in [-0.4, -0.2) is 13.1 Å². The highest BCUT2D eigenvalue weighted by molar-refractivity contribution is 5.64. The third-order valence-corrected chi connectivity index (χ3v) is 6.47. The van der Waals surface area contributed by atoms with Crippen LogP contribution >= 0.6 is 0 Å². The summed E-state index contributed by atoms with van der Waals surface area (Å²) in [5, 5.41) is 7.42. The van der Waals surface area contributed by atoms with Gasteiger partial charge in [0.2, 0.25) is 0 Å². The molecule has 0 aliphatic carbocycles. The number of unbranched alkanes of at least 4 members (excludes halogenated alkanes) is 10. The maximum absolute atomic E-state index is 3.75. The van der Waals surface area contributed by atoms with Crippen LogP contribution in [0.15, 0.2) is 72.8 Å². The molecule has 0 aromatic heterocycles. The van der Waals surface area contributed by atoms with E-state index < -0.39 is 0 Å². The van der Waals surface area contributed by atoms with Gasteiger partial charge in [0.05, 0.1) is 23.8 Å². The van der Waals surface area contributed by atoms with E-state index in [-0.39, 0.29) is 6.04 Å². The van der Waals surface area contributed by atoms with Crippen molar-refractivity contribution in [2.45, 2.75) is 96.9 Å². The smallest absolute Gasteiger partial charge is 0.185 e. The van der Waals surface area contributed by atoms with Crippen molar-refractivity contribution in [3.8, 4) is 0 Å². The summed E-state index contributed by atoms with van der Waals surface area (Å²) in [4.78, 5) is 0. The molecule has 0 bridgehead atoms. The first-order valence-corrected chi connectivity index (χ1v) is 14.2. The zero-order valence-electron chi connectivity index (χ0n) is 22.4. The van der Waals surface area contributed by atoms with Gasteiger partial charge in [-0.25, -0.2) is 0 Å². The number of rotatable bonds is 20. The minimum atomic E-state index is 0.179. The van der Waals surface area contributed by atoms with Gasteiger partial charge in [0.1, 0.15) is 0 Å². The third kappa shape index (κ3) is 13.3. The van der Waals surface area contributed by atoms with Crippen LogP contribution in [0, 0.1) is 6.08 Å². The summed E-state index contributed by atoms with van der Waals surface area (Å²) in [7, 11) is 0. The summed E-state index contributed by atoms with van der Waals surface area (Å²) in [5.74, 6) is 0. The van der Waals surface area contributed by atoms with Gasteiger partial charge < -0.3 is 10.6 Å². The molecule has 190 valence electrons. The number of nitrogens with one attached hydrogen (secondary N) is 2. The Balaban J connectivity index is 1.95. The van der Waals surface area contributed by atoms with Gasteiger partial charge in [0.25, 0.3) is 0 Å². The lowest BCUT2D eigenvalue weighted by Crippen LogP contribution is -2.21. The first-order chi connectivity index (χ1) is 17.3. The lowest BCUT2D eigenvalue weighted by molar-refractivity contribution is 0.549. The van der Waals surface area contributed by atoms with Crippen LogP contribution in [0.1, 0.15) is 108 Å². The fourth-order valence-electron chi connectivity index (χ4n) is 4.31. The van der Waals surface area contributed by atoms with Gasteiger partial charge in [-0.2, -0.15) is 0 Å². The molecule has 2 heteroatoms. The Morgan fingerprint density at radius 2 is 1.23 bits per heavy atom. The molecule has 1 atom stereocenters. The van der Waals surface area contributed by atoms with Crippen molar-refractivity contribution in [3.63, 3.8) is 0 Å². The monoisotopic (exact) mass is 473 g/mol. The summed E-state index contributed by atoms with van der Waals surface area (Å²) in [5.41, 5.74) is 3.66. The molecular weight excluding hydrogens is 424 g/mol. The van der Waals surface area contributed by atoms with Gasteiger partial charge in [0, 0.05) is 6.54 Å². The maximum Gasteiger partial charge on any atom is 0.185 e. The normalized spacial score (nSPS) is 12.6. The van der Waals surface area contributed by atoms with Crippen molar-refractivity contribution in [1.82, 2.24) is 10.6 Å². The van der Waals surface area contributed by atoms with Crippen molar-refractivity contribution < 1.29 is 0 Å². The average molecular weight is 474 g/mol. The lowest BCUT2D eigenvalue weighted by Gasteiger charge is -2.13. The van der Waals surface area contributed by atoms with Crippen molar-refractivity contribution in [1.29, 1.82) is 0 Å². The highest BCUT2D eigenvalue weighted by Gasteiger charge is 2.11. The first-order valence-electron chi connectivity index (χ1n) is 14.2. The molecule has 0 amide bonds. The highest BCUT2D eigenvalue weighted by atomic mass is 14.9. The van der Waals surface area contributed by atoms with E-state index in [4.69, 9.17) is 0 Å². The van der Waals surface area contributed by atoms with Crippen LogP contribution in [0.4, 0.5) is 0 Å². The molecule has 0 saturated carbocycles. The molecule has 2 N–H and O–H groups in total. The van der Waals surface area contributed by atoms with Gasteiger partial charge in [0.15, 0.2) is 11.8 Å². The SMILES string of the molecule is CCCCCCCCN/C(=C/[C+]=CC(NCCCCCCCC)c1ccccc1)c1ccccc1. The number of allylic oxidation sites excluding steroid dienone is 2. The van der Waals surface area contributed by atoms with Gasteiger partial charge >= 0.3 is 0 Å². The summed E-state index contributed by atoms with van der Waals surface area (Å²) in [6.45, 7) is 6.59. The van der Waals surface area contributed by atoms with E-state index >= 15 is 0 Å². The number of benzene rings is 2. The van der Waals surface area contributed by atoms with Gasteiger partial charge in [-0.05, 0) is 37.1 Å². The van der Waals surface area contributed by atoms with Crippen LogP contribution in [-0.2, 0) is 0 Å². The Labute approximate surface area is 216 Å². The summed E-state index contributed by atoms with van der Waals surface area (Å²) >= 11 is 0. The predicted molar refractivity (Wildman–Crippen MR) is 154 cm³/mol. The van der Waals surface area contributed by atoms with Crippen LogP contribution in [0.2, 0.25) is 0 Å². The topological polar surface area (TPSA) is 24.1 Å². The molecular formula is C33H49N2+. The molecule has 0 spiro atoms. The van der Waals surface area contributed by atoms with Gasteiger partial charge in [-0.15, -0.1) is 0 Å². The van der Waals surface area contributed by atoms with E-state index in [1.54, 1.807) is 0 Å². The van der Waals surface area contributed by atoms with Crippen molar-refractivity contribution in [2.24, 2.45) is 0 Å². The number of hydrogen-bond acceptors (Lipinski definition) is 2. The third-order valence-electron chi connectivity index (χ3n) is 6.47.